The molecule has 1 radical (unpaired) electrons. The average Bonchev–Trinajstić information content (AvgIpc) is 2.25. The van der Waals surface area contributed by atoms with Gasteiger partial charge in [0.25, 0.3) is 0 Å². The highest BCUT2D eigenvalue weighted by Crippen LogP contribution is 2.22. The molecule has 0 aliphatic carbocycles. The first-order valence-electron chi connectivity index (χ1n) is 4.52. The van der Waals surface area contributed by atoms with Gasteiger partial charge in [-0.05, 0) is 23.8 Å². The summed E-state index contributed by atoms with van der Waals surface area (Å²) in [7, 11) is 0. The number of hydrogen-bond donors (Lipinski definition) is 0. The van der Waals surface area contributed by atoms with Crippen LogP contribution in [0, 0.1) is 0 Å². The first-order chi connectivity index (χ1) is 8.01. The SMILES string of the molecule is O=[C]OCC=Cc1ccc(OC(F)(F)F)cc1. The molecule has 0 unspecified atom stereocenters. The lowest BCUT2D eigenvalue weighted by Gasteiger charge is -2.08. The number of benzene rings is 1. The van der Waals surface area contributed by atoms with E-state index in [2.05, 4.69) is 9.47 Å². The summed E-state index contributed by atoms with van der Waals surface area (Å²) in [5.41, 5.74) is 0.661. The first-order valence-corrected chi connectivity index (χ1v) is 4.52. The fraction of sp³-hybridized carbons (Fsp3) is 0.182. The van der Waals surface area contributed by atoms with Crippen LogP contribution in [0.15, 0.2) is 30.3 Å². The van der Waals surface area contributed by atoms with E-state index < -0.39 is 6.36 Å². The van der Waals surface area contributed by atoms with Gasteiger partial charge in [-0.1, -0.05) is 18.2 Å². The van der Waals surface area contributed by atoms with Crippen molar-refractivity contribution in [3.63, 3.8) is 0 Å². The van der Waals surface area contributed by atoms with Gasteiger partial charge in [0.05, 0.1) is 0 Å². The van der Waals surface area contributed by atoms with Crippen LogP contribution in [0.3, 0.4) is 0 Å². The van der Waals surface area contributed by atoms with Crippen LogP contribution >= 0.6 is 0 Å². The van der Waals surface area contributed by atoms with Gasteiger partial charge in [-0.3, -0.25) is 0 Å². The Morgan fingerprint density at radius 3 is 2.41 bits per heavy atom. The summed E-state index contributed by atoms with van der Waals surface area (Å²) in [4.78, 5) is 9.69. The van der Waals surface area contributed by atoms with E-state index in [1.807, 2.05) is 0 Å². The Labute approximate surface area is 95.5 Å². The molecule has 91 valence electrons. The molecule has 3 nitrogen and oxygen atoms in total. The van der Waals surface area contributed by atoms with Crippen LogP contribution in [0.2, 0.25) is 0 Å². The van der Waals surface area contributed by atoms with E-state index in [9.17, 15) is 18.0 Å². The molecule has 0 aliphatic rings. The molecule has 0 N–H and O–H groups in total. The van der Waals surface area contributed by atoms with Crippen LogP contribution in [0.25, 0.3) is 6.08 Å². The lowest BCUT2D eigenvalue weighted by Crippen LogP contribution is -2.16. The molecule has 0 heterocycles. The highest BCUT2D eigenvalue weighted by atomic mass is 19.4. The summed E-state index contributed by atoms with van der Waals surface area (Å²) >= 11 is 0. The lowest BCUT2D eigenvalue weighted by molar-refractivity contribution is -0.274. The van der Waals surface area contributed by atoms with E-state index in [4.69, 9.17) is 0 Å². The molecular formula is C11H8F3O3. The van der Waals surface area contributed by atoms with E-state index in [0.29, 0.717) is 5.56 Å². The van der Waals surface area contributed by atoms with Crippen molar-refractivity contribution >= 4 is 12.5 Å². The highest BCUT2D eigenvalue weighted by Gasteiger charge is 2.30. The van der Waals surface area contributed by atoms with Gasteiger partial charge in [0.1, 0.15) is 12.4 Å². The van der Waals surface area contributed by atoms with Crippen LogP contribution in [-0.2, 0) is 9.53 Å². The van der Waals surface area contributed by atoms with E-state index in [-0.39, 0.29) is 12.4 Å². The molecule has 1 aromatic rings. The molecule has 0 aliphatic heterocycles. The lowest BCUT2D eigenvalue weighted by atomic mass is 10.2. The van der Waals surface area contributed by atoms with E-state index in [1.54, 1.807) is 6.08 Å². The zero-order valence-electron chi connectivity index (χ0n) is 8.53. The van der Waals surface area contributed by atoms with Crippen molar-refractivity contribution < 1.29 is 27.4 Å². The normalized spacial score (nSPS) is 11.5. The zero-order valence-corrected chi connectivity index (χ0v) is 8.53. The van der Waals surface area contributed by atoms with E-state index in [0.717, 1.165) is 0 Å². The molecular weight excluding hydrogens is 237 g/mol. The van der Waals surface area contributed by atoms with Crippen LogP contribution in [0.5, 0.6) is 5.75 Å². The van der Waals surface area contributed by atoms with E-state index in [1.165, 1.54) is 36.8 Å². The van der Waals surface area contributed by atoms with Crippen molar-refractivity contribution in [2.45, 2.75) is 6.36 Å². The van der Waals surface area contributed by atoms with E-state index >= 15 is 0 Å². The third kappa shape index (κ3) is 5.60. The van der Waals surface area contributed by atoms with Crippen molar-refractivity contribution in [3.05, 3.63) is 35.9 Å². The molecule has 0 fully saturated rings. The molecule has 1 rings (SSSR count). The molecule has 0 bridgehead atoms. The second-order valence-electron chi connectivity index (χ2n) is 2.91. The van der Waals surface area contributed by atoms with Crippen molar-refractivity contribution in [2.75, 3.05) is 6.61 Å². The Morgan fingerprint density at radius 2 is 1.88 bits per heavy atom. The molecule has 0 amide bonds. The maximum atomic E-state index is 11.8. The van der Waals surface area contributed by atoms with Gasteiger partial charge in [-0.2, -0.15) is 0 Å². The zero-order chi connectivity index (χ0) is 12.7. The summed E-state index contributed by atoms with van der Waals surface area (Å²) in [6, 6.07) is 5.28. The van der Waals surface area contributed by atoms with Gasteiger partial charge in [-0.15, -0.1) is 13.2 Å². The van der Waals surface area contributed by atoms with Crippen molar-refractivity contribution in [2.24, 2.45) is 0 Å². The number of alkyl halides is 3. The maximum absolute atomic E-state index is 11.8. The Morgan fingerprint density at radius 1 is 1.24 bits per heavy atom. The molecule has 0 atom stereocenters. The first kappa shape index (κ1) is 13.1. The largest absolute Gasteiger partial charge is 0.573 e. The van der Waals surface area contributed by atoms with Gasteiger partial charge >= 0.3 is 12.8 Å². The maximum Gasteiger partial charge on any atom is 0.573 e. The third-order valence-electron chi connectivity index (χ3n) is 1.66. The highest BCUT2D eigenvalue weighted by molar-refractivity contribution is 5.51. The molecule has 1 aromatic carbocycles. The number of halogens is 3. The minimum absolute atomic E-state index is 0.0598. The summed E-state index contributed by atoms with van der Waals surface area (Å²) in [5.74, 6) is -0.285. The van der Waals surface area contributed by atoms with Crippen molar-refractivity contribution in [3.8, 4) is 5.75 Å². The predicted octanol–water partition coefficient (Wildman–Crippen LogP) is 2.68. The number of rotatable bonds is 5. The standard InChI is InChI=1S/C11H8F3O3/c12-11(13,14)17-10-5-3-9(4-6-10)2-1-7-16-8-15/h1-6H,7H2. The Bertz CT molecular complexity index is 382. The topological polar surface area (TPSA) is 35.5 Å². The molecule has 0 spiro atoms. The average molecular weight is 245 g/mol. The quantitative estimate of drug-likeness (QED) is 0.748. The second-order valence-corrected chi connectivity index (χ2v) is 2.91. The monoisotopic (exact) mass is 245 g/mol. The molecule has 0 aromatic heterocycles. The van der Waals surface area contributed by atoms with Crippen molar-refractivity contribution in [1.82, 2.24) is 0 Å². The summed E-state index contributed by atoms with van der Waals surface area (Å²) in [6.45, 7) is 1.30. The van der Waals surface area contributed by atoms with Crippen LogP contribution in [0.4, 0.5) is 13.2 Å². The molecule has 0 saturated heterocycles. The summed E-state index contributed by atoms with van der Waals surface area (Å²) < 4.78 is 43.5. The fourth-order valence-electron chi connectivity index (χ4n) is 1.05. The minimum Gasteiger partial charge on any atom is -0.453 e. The minimum atomic E-state index is -4.69. The number of ether oxygens (including phenoxy) is 2. The van der Waals surface area contributed by atoms with Crippen LogP contribution < -0.4 is 4.74 Å². The fourth-order valence-corrected chi connectivity index (χ4v) is 1.05. The Balaban J connectivity index is 2.56. The van der Waals surface area contributed by atoms with Crippen LogP contribution in [-0.4, -0.2) is 19.4 Å². The van der Waals surface area contributed by atoms with Gasteiger partial charge in [0, 0.05) is 0 Å². The predicted molar refractivity (Wildman–Crippen MR) is 53.8 cm³/mol. The van der Waals surface area contributed by atoms with Crippen LogP contribution in [0.1, 0.15) is 5.56 Å². The van der Waals surface area contributed by atoms with Gasteiger partial charge in [0.2, 0.25) is 0 Å². The smallest absolute Gasteiger partial charge is 0.453 e. The molecule has 17 heavy (non-hydrogen) atoms. The third-order valence-corrected chi connectivity index (χ3v) is 1.66. The second kappa shape index (κ2) is 5.93. The van der Waals surface area contributed by atoms with Crippen molar-refractivity contribution in [1.29, 1.82) is 0 Å². The van der Waals surface area contributed by atoms with Gasteiger partial charge in [-0.25, -0.2) is 4.79 Å². The van der Waals surface area contributed by atoms with Gasteiger partial charge in [0.15, 0.2) is 0 Å². The Kier molecular flexibility index (Phi) is 4.56. The molecule has 0 saturated carbocycles. The summed E-state index contributed by atoms with van der Waals surface area (Å²) in [6.07, 6.45) is -1.57. The molecule has 6 heteroatoms. The Hall–Kier alpha value is -1.98. The summed E-state index contributed by atoms with van der Waals surface area (Å²) in [5, 5.41) is 0. The number of hydrogen-bond acceptors (Lipinski definition) is 3. The van der Waals surface area contributed by atoms with Gasteiger partial charge < -0.3 is 9.47 Å². The number of carbonyl (C=O) groups excluding carboxylic acids is 1.